The molecule has 97 heavy (non-hydrogen) atoms. The average Bonchev–Trinajstić information content (AvgIpc) is 3.75. The van der Waals surface area contributed by atoms with E-state index in [0.29, 0.717) is 25.7 Å². The van der Waals surface area contributed by atoms with E-state index in [9.17, 15) is 43.2 Å². The van der Waals surface area contributed by atoms with Crippen LogP contribution in [0.2, 0.25) is 0 Å². The lowest BCUT2D eigenvalue weighted by atomic mass is 10.0. The highest BCUT2D eigenvalue weighted by atomic mass is 31.2. The maximum absolute atomic E-state index is 13.1. The molecule has 5 atom stereocenters. The molecule has 2 unspecified atom stereocenters. The van der Waals surface area contributed by atoms with E-state index in [1.807, 2.05) is 0 Å². The normalized spacial score (nSPS) is 13.8. The average molecular weight is 1420 g/mol. The fourth-order valence-corrected chi connectivity index (χ4v) is 13.7. The molecule has 0 saturated heterocycles. The van der Waals surface area contributed by atoms with Crippen LogP contribution in [0.15, 0.2) is 0 Å². The minimum atomic E-state index is -4.96. The molecule has 0 aliphatic carbocycles. The van der Waals surface area contributed by atoms with Crippen LogP contribution in [0.3, 0.4) is 0 Å². The molecule has 0 amide bonds. The summed E-state index contributed by atoms with van der Waals surface area (Å²) >= 11 is 0. The van der Waals surface area contributed by atoms with Gasteiger partial charge in [0.25, 0.3) is 0 Å². The molecule has 0 aromatic carbocycles. The quantitative estimate of drug-likeness (QED) is 0.0222. The molecule has 19 heteroatoms. The van der Waals surface area contributed by atoms with Crippen molar-refractivity contribution in [2.75, 3.05) is 39.6 Å². The summed E-state index contributed by atoms with van der Waals surface area (Å²) in [6.45, 7) is 4.91. The number of aliphatic hydroxyl groups excluding tert-OH is 1. The van der Waals surface area contributed by atoms with Gasteiger partial charge in [0, 0.05) is 25.7 Å². The zero-order valence-electron chi connectivity index (χ0n) is 63.1. The maximum atomic E-state index is 13.1. The first kappa shape index (κ1) is 95.1. The van der Waals surface area contributed by atoms with Gasteiger partial charge in [-0.1, -0.05) is 368 Å². The fourth-order valence-electron chi connectivity index (χ4n) is 12.1. The second-order valence-corrected chi connectivity index (χ2v) is 31.0. The summed E-state index contributed by atoms with van der Waals surface area (Å²) in [4.78, 5) is 72.6. The molecule has 0 aromatic heterocycles. The van der Waals surface area contributed by atoms with Gasteiger partial charge in [0.05, 0.1) is 26.4 Å². The van der Waals surface area contributed by atoms with Crippen molar-refractivity contribution < 1.29 is 80.2 Å². The SMILES string of the molecule is CCCCCCCCCCCCCCCCCCCCCCCC(=O)O[C@H](COC(=O)CCCCCCCCCCCCCCCCCCCC)COP(=O)(O)OC[C@@H](O)COP(=O)(O)OC[C@@H](COC(=O)CCCCCCC)OC(=O)CCCCCCCCCCCCCCC. The van der Waals surface area contributed by atoms with Crippen LogP contribution in [0.1, 0.15) is 419 Å². The van der Waals surface area contributed by atoms with Gasteiger partial charge in [0.2, 0.25) is 0 Å². The molecule has 0 radical (unpaired) electrons. The molecular formula is C78H152O17P2. The van der Waals surface area contributed by atoms with Gasteiger partial charge >= 0.3 is 39.5 Å². The van der Waals surface area contributed by atoms with E-state index in [2.05, 4.69) is 27.7 Å². The third-order valence-electron chi connectivity index (χ3n) is 18.4. The molecule has 0 aromatic rings. The third-order valence-corrected chi connectivity index (χ3v) is 20.3. The first-order valence-corrected chi connectivity index (χ1v) is 43.8. The minimum absolute atomic E-state index is 0.107. The van der Waals surface area contributed by atoms with Crippen LogP contribution < -0.4 is 0 Å². The third kappa shape index (κ3) is 72.2. The van der Waals surface area contributed by atoms with Crippen molar-refractivity contribution >= 4 is 39.5 Å². The van der Waals surface area contributed by atoms with Gasteiger partial charge in [-0.05, 0) is 25.7 Å². The Morgan fingerprint density at radius 1 is 0.247 bits per heavy atom. The topological polar surface area (TPSA) is 237 Å². The molecule has 3 N–H and O–H groups in total. The number of esters is 4. The summed E-state index contributed by atoms with van der Waals surface area (Å²) in [7, 11) is -9.90. The number of ether oxygens (including phenoxy) is 4. The van der Waals surface area contributed by atoms with E-state index in [-0.39, 0.29) is 25.7 Å². The van der Waals surface area contributed by atoms with Crippen LogP contribution in [0, 0.1) is 0 Å². The summed E-state index contributed by atoms with van der Waals surface area (Å²) in [6.07, 6.45) is 64.4. The van der Waals surface area contributed by atoms with Crippen LogP contribution in [0.25, 0.3) is 0 Å². The predicted octanol–water partition coefficient (Wildman–Crippen LogP) is 23.4. The van der Waals surface area contributed by atoms with Crippen molar-refractivity contribution in [3.63, 3.8) is 0 Å². The Labute approximate surface area is 594 Å². The van der Waals surface area contributed by atoms with Gasteiger partial charge in [-0.25, -0.2) is 9.13 Å². The number of carbonyl (C=O) groups excluding carboxylic acids is 4. The Morgan fingerprint density at radius 3 is 0.608 bits per heavy atom. The zero-order chi connectivity index (χ0) is 71.1. The molecule has 0 rings (SSSR count). The van der Waals surface area contributed by atoms with Gasteiger partial charge in [0.15, 0.2) is 12.2 Å². The Hall–Kier alpha value is -1.94. The van der Waals surface area contributed by atoms with E-state index >= 15 is 0 Å². The number of rotatable bonds is 79. The highest BCUT2D eigenvalue weighted by Gasteiger charge is 2.30. The smallest absolute Gasteiger partial charge is 0.462 e. The maximum Gasteiger partial charge on any atom is 0.472 e. The highest BCUT2D eigenvalue weighted by Crippen LogP contribution is 2.45. The molecule has 0 fully saturated rings. The van der Waals surface area contributed by atoms with Gasteiger partial charge in [-0.15, -0.1) is 0 Å². The minimum Gasteiger partial charge on any atom is -0.462 e. The van der Waals surface area contributed by atoms with Crippen molar-refractivity contribution in [3.05, 3.63) is 0 Å². The molecule has 0 aliphatic rings. The highest BCUT2D eigenvalue weighted by molar-refractivity contribution is 7.47. The van der Waals surface area contributed by atoms with Gasteiger partial charge in [-0.2, -0.15) is 0 Å². The molecule has 0 bridgehead atoms. The lowest BCUT2D eigenvalue weighted by Gasteiger charge is -2.21. The number of aliphatic hydroxyl groups is 1. The molecule has 17 nitrogen and oxygen atoms in total. The summed E-state index contributed by atoms with van der Waals surface area (Å²) in [5, 5.41) is 10.6. The van der Waals surface area contributed by atoms with E-state index in [1.165, 1.54) is 244 Å². The van der Waals surface area contributed by atoms with E-state index in [0.717, 1.165) is 96.3 Å². The second kappa shape index (κ2) is 72.4. The molecule has 0 spiro atoms. The van der Waals surface area contributed by atoms with Crippen molar-refractivity contribution in [3.8, 4) is 0 Å². The van der Waals surface area contributed by atoms with E-state index in [1.54, 1.807) is 0 Å². The van der Waals surface area contributed by atoms with E-state index < -0.39 is 97.5 Å². The van der Waals surface area contributed by atoms with Crippen molar-refractivity contribution in [1.82, 2.24) is 0 Å². The summed E-state index contributed by atoms with van der Waals surface area (Å²) in [5.74, 6) is -2.12. The lowest BCUT2D eigenvalue weighted by molar-refractivity contribution is -0.161. The van der Waals surface area contributed by atoms with Crippen LogP contribution >= 0.6 is 15.6 Å². The van der Waals surface area contributed by atoms with Crippen LogP contribution in [0.5, 0.6) is 0 Å². The Bertz CT molecular complexity index is 1840. The zero-order valence-corrected chi connectivity index (χ0v) is 64.8. The van der Waals surface area contributed by atoms with Crippen LogP contribution in [-0.2, 0) is 65.4 Å². The van der Waals surface area contributed by atoms with Gasteiger partial charge < -0.3 is 33.8 Å². The molecule has 0 heterocycles. The largest absolute Gasteiger partial charge is 0.472 e. The predicted molar refractivity (Wildman–Crippen MR) is 395 cm³/mol. The summed E-state index contributed by atoms with van der Waals surface area (Å²) < 4.78 is 68.4. The number of unbranched alkanes of at least 4 members (excludes halogenated alkanes) is 53. The second-order valence-electron chi connectivity index (χ2n) is 28.1. The monoisotopic (exact) mass is 1420 g/mol. The van der Waals surface area contributed by atoms with Crippen LogP contribution in [-0.4, -0.2) is 96.7 Å². The number of phosphoric ester groups is 2. The van der Waals surface area contributed by atoms with E-state index in [4.69, 9.17) is 37.0 Å². The van der Waals surface area contributed by atoms with Crippen molar-refractivity contribution in [2.45, 2.75) is 438 Å². The Kier molecular flexibility index (Phi) is 71.0. The fraction of sp³-hybridized carbons (Fsp3) is 0.949. The summed E-state index contributed by atoms with van der Waals surface area (Å²) in [5.41, 5.74) is 0. The first-order chi connectivity index (χ1) is 47.2. The van der Waals surface area contributed by atoms with Crippen molar-refractivity contribution in [2.24, 2.45) is 0 Å². The Morgan fingerprint density at radius 2 is 0.412 bits per heavy atom. The van der Waals surface area contributed by atoms with Gasteiger partial charge in [0.1, 0.15) is 19.3 Å². The Balaban J connectivity index is 5.11. The first-order valence-electron chi connectivity index (χ1n) is 40.8. The molecule has 0 aliphatic heterocycles. The number of hydrogen-bond acceptors (Lipinski definition) is 15. The standard InChI is InChI=1S/C78H152O17P2/c1-5-9-13-17-20-23-26-29-31-33-35-36-37-39-41-44-47-50-53-57-61-65-78(83)95-74(69-89-76(81)63-59-55-51-48-45-43-40-38-34-32-30-27-24-21-18-14-10-6-2)71-93-97(86,87)91-67-72(79)66-90-96(84,85)92-70-73(68-88-75(80)62-58-54-16-12-8-4)94-77(82)64-60-56-52-49-46-42-28-25-22-19-15-11-7-3/h72-74,79H,5-71H2,1-4H3,(H,84,85)(H,86,87)/t72-,73+,74+/m0/s1. The van der Waals surface area contributed by atoms with Crippen LogP contribution in [0.4, 0.5) is 0 Å². The van der Waals surface area contributed by atoms with Gasteiger partial charge in [-0.3, -0.25) is 37.3 Å². The number of phosphoric acid groups is 2. The molecule has 0 saturated carbocycles. The number of hydrogen-bond donors (Lipinski definition) is 3. The summed E-state index contributed by atoms with van der Waals surface area (Å²) in [6, 6.07) is 0. The molecule has 576 valence electrons. The van der Waals surface area contributed by atoms with Crippen molar-refractivity contribution in [1.29, 1.82) is 0 Å². The number of carbonyl (C=O) groups is 4. The lowest BCUT2D eigenvalue weighted by Crippen LogP contribution is -2.30. The molecular weight excluding hydrogens is 1270 g/mol.